The van der Waals surface area contributed by atoms with Gasteiger partial charge in [-0.25, -0.2) is 0 Å². The number of hydrogen-bond donors (Lipinski definition) is 0. The van der Waals surface area contributed by atoms with Crippen LogP contribution in [0.2, 0.25) is 5.82 Å². The molecular formula is C64H69B. The van der Waals surface area contributed by atoms with Crippen molar-refractivity contribution in [2.24, 2.45) is 5.41 Å². The molecule has 0 amide bonds. The number of fused-ring (bicyclic) bond motifs is 3. The van der Waals surface area contributed by atoms with Gasteiger partial charge < -0.3 is 0 Å². The number of allylic oxidation sites excluding steroid dienone is 13. The van der Waals surface area contributed by atoms with E-state index in [1.165, 1.54) is 90.5 Å². The SMILES string of the molecule is CC.CC1(C)C=CC=CC1.CCC.C\C=C(/C=C\C(C)=C\c1cc(-c2ccc(-c3ccccc3)cc2)ccc1C)c1ccc2c(c1)B(c1ccc(-c3ccccc3)cc1)C1C=CC=CC21. The van der Waals surface area contributed by atoms with Crippen LogP contribution in [0.3, 0.4) is 0 Å². The summed E-state index contributed by atoms with van der Waals surface area (Å²) in [6.07, 6.45) is 29.4. The van der Waals surface area contributed by atoms with Crippen molar-refractivity contribution in [1.82, 2.24) is 0 Å². The van der Waals surface area contributed by atoms with E-state index in [1.807, 2.05) is 13.8 Å². The molecule has 0 fully saturated rings. The molecule has 0 saturated heterocycles. The Kier molecular flexibility index (Phi) is 17.4. The molecule has 0 saturated carbocycles. The molecule has 65 heavy (non-hydrogen) atoms. The molecular weight excluding hydrogens is 780 g/mol. The van der Waals surface area contributed by atoms with Crippen molar-refractivity contribution in [3.8, 4) is 33.4 Å². The van der Waals surface area contributed by atoms with E-state index in [4.69, 9.17) is 0 Å². The average Bonchev–Trinajstić information content (AvgIpc) is 3.68. The summed E-state index contributed by atoms with van der Waals surface area (Å²) in [6, 6.07) is 53.3. The quantitative estimate of drug-likeness (QED) is 0.106. The molecule has 0 bridgehead atoms. The Morgan fingerprint density at radius 2 is 1.18 bits per heavy atom. The highest BCUT2D eigenvalue weighted by atomic mass is 14.3. The van der Waals surface area contributed by atoms with E-state index in [9.17, 15) is 0 Å². The molecule has 0 nitrogen and oxygen atoms in total. The van der Waals surface area contributed by atoms with Crippen LogP contribution in [-0.4, -0.2) is 6.71 Å². The van der Waals surface area contributed by atoms with Crippen LogP contribution in [0.15, 0.2) is 218 Å². The second-order valence-corrected chi connectivity index (χ2v) is 17.8. The minimum absolute atomic E-state index is 0.319. The maximum atomic E-state index is 2.46. The third kappa shape index (κ3) is 12.4. The first-order valence-corrected chi connectivity index (χ1v) is 24.0. The summed E-state index contributed by atoms with van der Waals surface area (Å²) in [7, 11) is 0. The van der Waals surface area contributed by atoms with Gasteiger partial charge in [0.05, 0.1) is 0 Å². The van der Waals surface area contributed by atoms with Crippen LogP contribution in [-0.2, 0) is 0 Å². The molecule has 0 N–H and O–H groups in total. The van der Waals surface area contributed by atoms with Crippen molar-refractivity contribution in [1.29, 1.82) is 0 Å². The first-order chi connectivity index (χ1) is 31.7. The van der Waals surface area contributed by atoms with Crippen LogP contribution < -0.4 is 10.9 Å². The van der Waals surface area contributed by atoms with E-state index in [0.29, 0.717) is 23.9 Å². The fourth-order valence-electron chi connectivity index (χ4n) is 8.87. The van der Waals surface area contributed by atoms with Crippen LogP contribution in [0.1, 0.15) is 96.4 Å². The molecule has 0 radical (unpaired) electrons. The molecule has 0 spiro atoms. The fraction of sp³-hybridized carbons (Fsp3) is 0.219. The Labute approximate surface area is 393 Å². The Morgan fingerprint density at radius 1 is 0.631 bits per heavy atom. The zero-order chi connectivity index (χ0) is 46.2. The molecule has 6 aromatic rings. The van der Waals surface area contributed by atoms with Gasteiger partial charge in [0.1, 0.15) is 0 Å². The Hall–Kier alpha value is -6.44. The van der Waals surface area contributed by atoms with E-state index in [-0.39, 0.29) is 0 Å². The van der Waals surface area contributed by atoms with E-state index in [0.717, 1.165) is 0 Å². The molecule has 2 aliphatic carbocycles. The fourth-order valence-corrected chi connectivity index (χ4v) is 8.87. The minimum atomic E-state index is 0.319. The lowest BCUT2D eigenvalue weighted by Gasteiger charge is -2.21. The molecule has 1 heteroatoms. The highest BCUT2D eigenvalue weighted by Crippen LogP contribution is 2.42. The van der Waals surface area contributed by atoms with Crippen molar-refractivity contribution in [3.05, 3.63) is 240 Å². The molecule has 0 aromatic heterocycles. The average molecular weight is 849 g/mol. The Morgan fingerprint density at radius 3 is 1.74 bits per heavy atom. The second-order valence-electron chi connectivity index (χ2n) is 17.8. The van der Waals surface area contributed by atoms with Crippen molar-refractivity contribution in [3.63, 3.8) is 0 Å². The van der Waals surface area contributed by atoms with E-state index in [2.05, 4.69) is 267 Å². The van der Waals surface area contributed by atoms with Crippen LogP contribution in [0.25, 0.3) is 45.0 Å². The molecule has 2 unspecified atom stereocenters. The minimum Gasteiger partial charge on any atom is -0.0870 e. The third-order valence-electron chi connectivity index (χ3n) is 12.3. The summed E-state index contributed by atoms with van der Waals surface area (Å²) in [5, 5.41) is 0. The van der Waals surface area contributed by atoms with Crippen molar-refractivity contribution in [2.75, 3.05) is 0 Å². The van der Waals surface area contributed by atoms with E-state index < -0.39 is 0 Å². The van der Waals surface area contributed by atoms with Crippen LogP contribution in [0.5, 0.6) is 0 Å². The lowest BCUT2D eigenvalue weighted by Crippen LogP contribution is -2.42. The van der Waals surface area contributed by atoms with Crippen molar-refractivity contribution >= 4 is 29.3 Å². The predicted molar refractivity (Wildman–Crippen MR) is 291 cm³/mol. The molecule has 9 rings (SSSR count). The van der Waals surface area contributed by atoms with Crippen LogP contribution in [0, 0.1) is 12.3 Å². The van der Waals surface area contributed by atoms with Gasteiger partial charge in [0, 0.05) is 5.92 Å². The van der Waals surface area contributed by atoms with Crippen molar-refractivity contribution in [2.45, 2.75) is 86.9 Å². The van der Waals surface area contributed by atoms with Crippen LogP contribution in [0.4, 0.5) is 0 Å². The zero-order valence-corrected chi connectivity index (χ0v) is 40.4. The lowest BCUT2D eigenvalue weighted by molar-refractivity contribution is 0.484. The van der Waals surface area contributed by atoms with Gasteiger partial charge in [-0.15, -0.1) is 0 Å². The van der Waals surface area contributed by atoms with Gasteiger partial charge >= 0.3 is 0 Å². The first-order valence-electron chi connectivity index (χ1n) is 24.0. The molecule has 328 valence electrons. The topological polar surface area (TPSA) is 0 Å². The first kappa shape index (κ1) is 48.0. The Balaban J connectivity index is 0.000000473. The van der Waals surface area contributed by atoms with Crippen LogP contribution >= 0.6 is 0 Å². The lowest BCUT2D eigenvalue weighted by atomic mass is 9.35. The summed E-state index contributed by atoms with van der Waals surface area (Å²) in [5.41, 5.74) is 18.4. The van der Waals surface area contributed by atoms with E-state index in [1.54, 1.807) is 0 Å². The predicted octanol–water partition coefficient (Wildman–Crippen LogP) is 17.2. The largest absolute Gasteiger partial charge is 0.217 e. The summed E-state index contributed by atoms with van der Waals surface area (Å²) in [6.45, 7) is 19.6. The highest BCUT2D eigenvalue weighted by molar-refractivity contribution is 6.88. The highest BCUT2D eigenvalue weighted by Gasteiger charge is 2.42. The molecule has 2 atom stereocenters. The smallest absolute Gasteiger partial charge is 0.0870 e. The van der Waals surface area contributed by atoms with Gasteiger partial charge in [-0.3, -0.25) is 0 Å². The van der Waals surface area contributed by atoms with Gasteiger partial charge in [0.15, 0.2) is 0 Å². The normalized spacial score (nSPS) is 16.7. The number of hydrogen-bond acceptors (Lipinski definition) is 0. The monoisotopic (exact) mass is 849 g/mol. The number of benzene rings is 6. The van der Waals surface area contributed by atoms with Gasteiger partial charge in [0.2, 0.25) is 6.71 Å². The van der Waals surface area contributed by atoms with Gasteiger partial charge in [0.25, 0.3) is 0 Å². The van der Waals surface area contributed by atoms with Crippen molar-refractivity contribution < 1.29 is 0 Å². The molecule has 1 aliphatic heterocycles. The summed E-state index contributed by atoms with van der Waals surface area (Å²) >= 11 is 0. The summed E-state index contributed by atoms with van der Waals surface area (Å²) in [5.74, 6) is 0.830. The molecule has 3 aliphatic rings. The van der Waals surface area contributed by atoms with E-state index >= 15 is 0 Å². The maximum absolute atomic E-state index is 2.46. The van der Waals surface area contributed by atoms with Gasteiger partial charge in [-0.2, -0.15) is 0 Å². The standard InChI is InChI=1S/C51H43B.C8H12.C3H8.C2H6/c1-4-38(21-19-36(2)33-46-34-44(22-20-37(46)3)43-25-23-41(24-26-43)39-13-7-5-8-14-39)45-29-32-49-48-17-11-12-18-50(48)52(51(49)35-45)47-30-27-42(28-31-47)40-15-9-6-10-16-40;1-8(2)6-4-3-5-7-8;1-3-2;1-2/h4-35,48,50H,1-3H3;3-6H,7H2,1-2H3;3H2,1-2H3;1-2H3/b21-19-,36-33+,38-4+;;;. The zero-order valence-electron chi connectivity index (χ0n) is 40.4. The summed E-state index contributed by atoms with van der Waals surface area (Å²) in [4.78, 5) is 0. The summed E-state index contributed by atoms with van der Waals surface area (Å²) < 4.78 is 0. The second kappa shape index (κ2) is 23.5. The van der Waals surface area contributed by atoms with Gasteiger partial charge in [-0.1, -0.05) is 277 Å². The Bertz CT molecular complexity index is 2660. The molecule has 6 aromatic carbocycles. The third-order valence-corrected chi connectivity index (χ3v) is 12.3. The number of aryl methyl sites for hydroxylation is 1. The molecule has 1 heterocycles. The number of rotatable bonds is 8. The van der Waals surface area contributed by atoms with Gasteiger partial charge in [-0.05, 0) is 106 Å². The maximum Gasteiger partial charge on any atom is 0.217 e.